The molecule has 0 spiro atoms. The van der Waals surface area contributed by atoms with Gasteiger partial charge in [-0.2, -0.15) is 0 Å². The van der Waals surface area contributed by atoms with E-state index < -0.39 is 5.97 Å². The third-order valence-corrected chi connectivity index (χ3v) is 3.46. The molecule has 1 aromatic carbocycles. The van der Waals surface area contributed by atoms with E-state index in [0.29, 0.717) is 17.2 Å². The monoisotopic (exact) mass is 277 g/mol. The molecule has 0 saturated heterocycles. The maximum Gasteiger partial charge on any atom is 0.337 e. The topological polar surface area (TPSA) is 64.6 Å². The van der Waals surface area contributed by atoms with E-state index in [1.54, 1.807) is 24.3 Å². The van der Waals surface area contributed by atoms with Gasteiger partial charge in [0.15, 0.2) is 6.61 Å². The summed E-state index contributed by atoms with van der Waals surface area (Å²) in [4.78, 5) is 22.8. The Bertz CT molecular complexity index is 465. The molecule has 5 heteroatoms. The van der Waals surface area contributed by atoms with Crippen LogP contribution < -0.4 is 10.1 Å². The van der Waals surface area contributed by atoms with Crippen LogP contribution in [0, 0.1) is 5.92 Å². The molecule has 1 saturated carbocycles. The average molecular weight is 277 g/mol. The van der Waals surface area contributed by atoms with Crippen LogP contribution in [0.3, 0.4) is 0 Å². The average Bonchev–Trinajstić information content (AvgIpc) is 2.43. The molecule has 0 radical (unpaired) electrons. The number of methoxy groups -OCH3 is 1. The summed E-state index contributed by atoms with van der Waals surface area (Å²) in [5, 5.41) is 2.86. The molecule has 1 fully saturated rings. The van der Waals surface area contributed by atoms with Crippen molar-refractivity contribution in [1.29, 1.82) is 0 Å². The number of benzene rings is 1. The molecule has 5 nitrogen and oxygen atoms in total. The third-order valence-electron chi connectivity index (χ3n) is 3.46. The molecule has 0 atom stereocenters. The maximum atomic E-state index is 11.6. The summed E-state index contributed by atoms with van der Waals surface area (Å²) in [6, 6.07) is 6.50. The van der Waals surface area contributed by atoms with E-state index in [-0.39, 0.29) is 12.5 Å². The first-order valence-corrected chi connectivity index (χ1v) is 6.77. The lowest BCUT2D eigenvalue weighted by Gasteiger charge is -2.25. The van der Waals surface area contributed by atoms with Crippen LogP contribution in [0.25, 0.3) is 0 Å². The van der Waals surface area contributed by atoms with Gasteiger partial charge < -0.3 is 14.8 Å². The van der Waals surface area contributed by atoms with Crippen LogP contribution >= 0.6 is 0 Å². The summed E-state index contributed by atoms with van der Waals surface area (Å²) in [6.45, 7) is 0.730. The van der Waals surface area contributed by atoms with Crippen LogP contribution in [-0.4, -0.2) is 32.1 Å². The van der Waals surface area contributed by atoms with Crippen LogP contribution in [0.5, 0.6) is 5.75 Å². The van der Waals surface area contributed by atoms with Gasteiger partial charge in [-0.15, -0.1) is 0 Å². The quantitative estimate of drug-likeness (QED) is 0.805. The third kappa shape index (κ3) is 3.98. The highest BCUT2D eigenvalue weighted by atomic mass is 16.5. The highest BCUT2D eigenvalue weighted by Crippen LogP contribution is 2.25. The Balaban J connectivity index is 1.72. The van der Waals surface area contributed by atoms with Crippen molar-refractivity contribution < 1.29 is 19.1 Å². The number of carbonyl (C=O) groups excluding carboxylic acids is 2. The number of rotatable bonds is 6. The van der Waals surface area contributed by atoms with Crippen molar-refractivity contribution in [2.45, 2.75) is 19.3 Å². The maximum absolute atomic E-state index is 11.6. The lowest BCUT2D eigenvalue weighted by molar-refractivity contribution is -0.123. The van der Waals surface area contributed by atoms with Gasteiger partial charge in [-0.3, -0.25) is 4.79 Å². The molecule has 0 heterocycles. The molecule has 20 heavy (non-hydrogen) atoms. The SMILES string of the molecule is COC(=O)c1ccc(OCC(=O)NCC2CCC2)cc1. The minimum absolute atomic E-state index is 0.00963. The van der Waals surface area contributed by atoms with Crippen molar-refractivity contribution in [2.75, 3.05) is 20.3 Å². The zero-order chi connectivity index (χ0) is 14.4. The second kappa shape index (κ2) is 6.93. The highest BCUT2D eigenvalue weighted by molar-refractivity contribution is 5.89. The Morgan fingerprint density at radius 1 is 1.25 bits per heavy atom. The predicted octanol–water partition coefficient (Wildman–Crippen LogP) is 1.77. The van der Waals surface area contributed by atoms with Crippen molar-refractivity contribution in [3.05, 3.63) is 29.8 Å². The Kier molecular flexibility index (Phi) is 4.98. The Morgan fingerprint density at radius 3 is 2.50 bits per heavy atom. The van der Waals surface area contributed by atoms with Gasteiger partial charge in [0, 0.05) is 6.54 Å². The number of carbonyl (C=O) groups is 2. The standard InChI is InChI=1S/C15H19NO4/c1-19-15(18)12-5-7-13(8-6-12)20-10-14(17)16-9-11-3-2-4-11/h5-8,11H,2-4,9-10H2,1H3,(H,16,17). The Labute approximate surface area is 118 Å². The van der Waals surface area contributed by atoms with E-state index in [2.05, 4.69) is 10.1 Å². The van der Waals surface area contributed by atoms with Gasteiger partial charge in [0.1, 0.15) is 5.75 Å². The molecular formula is C15H19NO4. The number of amides is 1. The van der Waals surface area contributed by atoms with Gasteiger partial charge in [-0.05, 0) is 43.0 Å². The van der Waals surface area contributed by atoms with E-state index in [4.69, 9.17) is 4.74 Å². The van der Waals surface area contributed by atoms with Gasteiger partial charge in [0.25, 0.3) is 5.91 Å². The molecule has 0 aromatic heterocycles. The van der Waals surface area contributed by atoms with Crippen LogP contribution in [0.4, 0.5) is 0 Å². The van der Waals surface area contributed by atoms with Crippen LogP contribution in [0.1, 0.15) is 29.6 Å². The fraction of sp³-hybridized carbons (Fsp3) is 0.467. The summed E-state index contributed by atoms with van der Waals surface area (Å²) >= 11 is 0. The van der Waals surface area contributed by atoms with Crippen molar-refractivity contribution in [2.24, 2.45) is 5.92 Å². The van der Waals surface area contributed by atoms with Gasteiger partial charge in [0.2, 0.25) is 0 Å². The van der Waals surface area contributed by atoms with Gasteiger partial charge >= 0.3 is 5.97 Å². The fourth-order valence-electron chi connectivity index (χ4n) is 1.96. The van der Waals surface area contributed by atoms with Gasteiger partial charge in [-0.25, -0.2) is 4.79 Å². The van der Waals surface area contributed by atoms with Crippen molar-refractivity contribution in [3.63, 3.8) is 0 Å². The van der Waals surface area contributed by atoms with Crippen molar-refractivity contribution >= 4 is 11.9 Å². The number of esters is 1. The zero-order valence-electron chi connectivity index (χ0n) is 11.6. The highest BCUT2D eigenvalue weighted by Gasteiger charge is 2.17. The molecule has 1 aliphatic rings. The van der Waals surface area contributed by atoms with Gasteiger partial charge in [0.05, 0.1) is 12.7 Å². The fourth-order valence-corrected chi connectivity index (χ4v) is 1.96. The van der Waals surface area contributed by atoms with E-state index in [0.717, 1.165) is 6.54 Å². The second-order valence-corrected chi connectivity index (χ2v) is 4.91. The molecule has 0 aliphatic heterocycles. The Hall–Kier alpha value is -2.04. The first kappa shape index (κ1) is 14.4. The lowest BCUT2D eigenvalue weighted by Crippen LogP contribution is -2.35. The molecular weight excluding hydrogens is 258 g/mol. The number of nitrogens with one attached hydrogen (secondary N) is 1. The van der Waals surface area contributed by atoms with E-state index >= 15 is 0 Å². The number of ether oxygens (including phenoxy) is 2. The van der Waals surface area contributed by atoms with E-state index in [1.165, 1.54) is 26.4 Å². The minimum atomic E-state index is -0.394. The molecule has 2 rings (SSSR count). The number of hydrogen-bond acceptors (Lipinski definition) is 4. The van der Waals surface area contributed by atoms with Crippen molar-refractivity contribution in [1.82, 2.24) is 5.32 Å². The molecule has 1 amide bonds. The van der Waals surface area contributed by atoms with Crippen LogP contribution in [-0.2, 0) is 9.53 Å². The lowest BCUT2D eigenvalue weighted by atomic mass is 9.85. The van der Waals surface area contributed by atoms with Crippen LogP contribution in [0.2, 0.25) is 0 Å². The predicted molar refractivity (Wildman–Crippen MR) is 73.6 cm³/mol. The smallest absolute Gasteiger partial charge is 0.337 e. The number of hydrogen-bond donors (Lipinski definition) is 1. The molecule has 108 valence electrons. The summed E-state index contributed by atoms with van der Waals surface area (Å²) in [5.41, 5.74) is 0.453. The molecule has 1 aromatic rings. The summed E-state index contributed by atoms with van der Waals surface area (Å²) in [5.74, 6) is 0.679. The summed E-state index contributed by atoms with van der Waals surface area (Å²) in [7, 11) is 1.33. The molecule has 1 aliphatic carbocycles. The van der Waals surface area contributed by atoms with Gasteiger partial charge in [-0.1, -0.05) is 6.42 Å². The van der Waals surface area contributed by atoms with E-state index in [9.17, 15) is 9.59 Å². The largest absolute Gasteiger partial charge is 0.484 e. The summed E-state index contributed by atoms with van der Waals surface area (Å²) in [6.07, 6.45) is 3.68. The normalized spacial score (nSPS) is 14.2. The first-order chi connectivity index (χ1) is 9.69. The summed E-state index contributed by atoms with van der Waals surface area (Å²) < 4.78 is 9.96. The second-order valence-electron chi connectivity index (χ2n) is 4.91. The minimum Gasteiger partial charge on any atom is -0.484 e. The first-order valence-electron chi connectivity index (χ1n) is 6.77. The molecule has 1 N–H and O–H groups in total. The Morgan fingerprint density at radius 2 is 1.95 bits per heavy atom. The zero-order valence-corrected chi connectivity index (χ0v) is 11.6. The molecule has 0 unspecified atom stereocenters. The molecule has 0 bridgehead atoms. The van der Waals surface area contributed by atoms with E-state index in [1.807, 2.05) is 0 Å². The van der Waals surface area contributed by atoms with Crippen LogP contribution in [0.15, 0.2) is 24.3 Å². The van der Waals surface area contributed by atoms with Crippen molar-refractivity contribution in [3.8, 4) is 5.75 Å².